The van der Waals surface area contributed by atoms with Crippen molar-refractivity contribution in [2.24, 2.45) is 0 Å². The summed E-state index contributed by atoms with van der Waals surface area (Å²) in [5.41, 5.74) is 4.02. The molecule has 0 atom stereocenters. The monoisotopic (exact) mass is 511 g/mol. The number of hydrogen-bond acceptors (Lipinski definition) is 6. The Morgan fingerprint density at radius 2 is 1.86 bits per heavy atom. The van der Waals surface area contributed by atoms with Crippen molar-refractivity contribution >= 4 is 35.1 Å². The van der Waals surface area contributed by atoms with Gasteiger partial charge in [0.2, 0.25) is 5.78 Å². The minimum absolute atomic E-state index is 0.176. The molecule has 35 heavy (non-hydrogen) atoms. The maximum atomic E-state index is 13.3. The highest BCUT2D eigenvalue weighted by Gasteiger charge is 2.33. The molecule has 180 valence electrons. The summed E-state index contributed by atoms with van der Waals surface area (Å²) in [6.45, 7) is 3.59. The van der Waals surface area contributed by atoms with Crippen LogP contribution in [-0.2, 0) is 13.1 Å². The average molecular weight is 512 g/mol. The number of Topliss-reactive ketones (excluding diaryl/α,β-unsaturated/α-hetero) is 1. The molecule has 0 N–H and O–H groups in total. The topological polar surface area (TPSA) is 57.2 Å². The van der Waals surface area contributed by atoms with E-state index in [1.54, 1.807) is 32.4 Å². The molecule has 0 aliphatic carbocycles. The lowest BCUT2D eigenvalue weighted by Crippen LogP contribution is -2.32. The van der Waals surface area contributed by atoms with E-state index in [4.69, 9.17) is 42.1 Å². The number of carbonyl (C=O) groups is 1. The number of methoxy groups -OCH3 is 2. The van der Waals surface area contributed by atoms with Crippen molar-refractivity contribution in [3.63, 3.8) is 0 Å². The molecule has 2 heterocycles. The van der Waals surface area contributed by atoms with Crippen LogP contribution in [0.5, 0.6) is 23.0 Å². The molecule has 3 aromatic rings. The fourth-order valence-electron chi connectivity index (χ4n) is 4.37. The molecule has 0 amide bonds. The predicted molar refractivity (Wildman–Crippen MR) is 135 cm³/mol. The zero-order valence-electron chi connectivity index (χ0n) is 19.5. The first-order chi connectivity index (χ1) is 16.9. The SMILES string of the molecule is COc1ccc(/C=C2\Oc3c(cc4c(c3C)OCN(Cc3ccc(Cl)c(Cl)c3)C4)C2=O)c(OC)c1. The van der Waals surface area contributed by atoms with Crippen molar-refractivity contribution in [2.75, 3.05) is 21.0 Å². The van der Waals surface area contributed by atoms with Crippen LogP contribution >= 0.6 is 23.2 Å². The van der Waals surface area contributed by atoms with Gasteiger partial charge >= 0.3 is 0 Å². The van der Waals surface area contributed by atoms with Gasteiger partial charge in [-0.05, 0) is 48.9 Å². The van der Waals surface area contributed by atoms with Crippen LogP contribution in [0.3, 0.4) is 0 Å². The van der Waals surface area contributed by atoms with Gasteiger partial charge in [-0.2, -0.15) is 0 Å². The number of ether oxygens (including phenoxy) is 4. The van der Waals surface area contributed by atoms with Crippen LogP contribution < -0.4 is 18.9 Å². The molecule has 0 aromatic heterocycles. The lowest BCUT2D eigenvalue weighted by molar-refractivity contribution is 0.0876. The highest BCUT2D eigenvalue weighted by Crippen LogP contribution is 2.43. The van der Waals surface area contributed by atoms with Crippen molar-refractivity contribution < 1.29 is 23.7 Å². The summed E-state index contributed by atoms with van der Waals surface area (Å²) >= 11 is 12.2. The van der Waals surface area contributed by atoms with E-state index in [2.05, 4.69) is 4.90 Å². The quantitative estimate of drug-likeness (QED) is 0.375. The number of rotatable bonds is 5. The maximum absolute atomic E-state index is 13.3. The fourth-order valence-corrected chi connectivity index (χ4v) is 4.69. The van der Waals surface area contributed by atoms with Gasteiger partial charge in [-0.1, -0.05) is 29.3 Å². The standard InChI is InChI=1S/C27H23Cl2NO5/c1-15-26-18(13-30(14-34-26)12-16-4-7-21(28)22(29)8-16)9-20-25(31)24(35-27(15)20)10-17-5-6-19(32-2)11-23(17)33-3/h4-11H,12-14H2,1-3H3/b24-10-. The van der Waals surface area contributed by atoms with Crippen LogP contribution in [0.1, 0.15) is 32.6 Å². The number of ketones is 1. The molecule has 0 radical (unpaired) electrons. The molecular weight excluding hydrogens is 489 g/mol. The Labute approximate surface area is 213 Å². The van der Waals surface area contributed by atoms with E-state index in [0.717, 1.165) is 28.0 Å². The third-order valence-corrected chi connectivity index (χ3v) is 6.86. The molecule has 2 aliphatic heterocycles. The second kappa shape index (κ2) is 9.46. The molecule has 0 saturated heterocycles. The van der Waals surface area contributed by atoms with Crippen LogP contribution in [0.2, 0.25) is 10.0 Å². The van der Waals surface area contributed by atoms with Crippen molar-refractivity contribution in [3.8, 4) is 23.0 Å². The highest BCUT2D eigenvalue weighted by atomic mass is 35.5. The molecule has 0 unspecified atom stereocenters. The number of halogens is 2. The van der Waals surface area contributed by atoms with Gasteiger partial charge in [-0.15, -0.1) is 0 Å². The zero-order chi connectivity index (χ0) is 24.7. The molecule has 8 heteroatoms. The number of benzene rings is 3. The summed E-state index contributed by atoms with van der Waals surface area (Å²) in [5, 5.41) is 1.04. The van der Waals surface area contributed by atoms with Crippen molar-refractivity contribution in [2.45, 2.75) is 20.0 Å². The Morgan fingerprint density at radius 3 is 2.60 bits per heavy atom. The van der Waals surface area contributed by atoms with Crippen LogP contribution in [0.25, 0.3) is 6.08 Å². The molecule has 0 bridgehead atoms. The molecule has 0 saturated carbocycles. The van der Waals surface area contributed by atoms with E-state index in [1.165, 1.54) is 0 Å². The summed E-state index contributed by atoms with van der Waals surface area (Å²) in [7, 11) is 3.16. The molecule has 0 spiro atoms. The largest absolute Gasteiger partial charge is 0.497 e. The van der Waals surface area contributed by atoms with Crippen LogP contribution in [0, 0.1) is 6.92 Å². The van der Waals surface area contributed by atoms with Crippen LogP contribution in [0.4, 0.5) is 0 Å². The van der Waals surface area contributed by atoms with E-state index in [-0.39, 0.29) is 11.5 Å². The molecular formula is C27H23Cl2NO5. The van der Waals surface area contributed by atoms with E-state index in [1.807, 2.05) is 37.3 Å². The second-order valence-corrected chi connectivity index (χ2v) is 9.24. The van der Waals surface area contributed by atoms with Gasteiger partial charge in [-0.25, -0.2) is 0 Å². The van der Waals surface area contributed by atoms with Gasteiger partial charge in [0.05, 0.1) is 29.8 Å². The minimum atomic E-state index is -0.176. The Kier molecular flexibility index (Phi) is 6.36. The first-order valence-electron chi connectivity index (χ1n) is 11.0. The van der Waals surface area contributed by atoms with Crippen molar-refractivity contribution in [1.82, 2.24) is 4.90 Å². The van der Waals surface area contributed by atoms with Gasteiger partial charge in [0.25, 0.3) is 0 Å². The third kappa shape index (κ3) is 4.45. The molecule has 3 aromatic carbocycles. The Hall–Kier alpha value is -3.19. The summed E-state index contributed by atoms with van der Waals surface area (Å²) in [6, 6.07) is 12.9. The minimum Gasteiger partial charge on any atom is -0.497 e. The normalized spacial score (nSPS) is 15.9. The number of carbonyl (C=O) groups excluding carboxylic acids is 1. The molecule has 6 nitrogen and oxygen atoms in total. The number of allylic oxidation sites excluding steroid dienone is 1. The van der Waals surface area contributed by atoms with E-state index in [0.29, 0.717) is 52.7 Å². The Bertz CT molecular complexity index is 1370. The molecule has 2 aliphatic rings. The predicted octanol–water partition coefficient (Wildman–Crippen LogP) is 6.29. The Morgan fingerprint density at radius 1 is 1.03 bits per heavy atom. The summed E-state index contributed by atoms with van der Waals surface area (Å²) in [6.07, 6.45) is 1.69. The molecule has 5 rings (SSSR count). The van der Waals surface area contributed by atoms with Gasteiger partial charge in [0.1, 0.15) is 29.7 Å². The van der Waals surface area contributed by atoms with E-state index >= 15 is 0 Å². The lowest BCUT2D eigenvalue weighted by Gasteiger charge is -2.30. The smallest absolute Gasteiger partial charge is 0.231 e. The first kappa shape index (κ1) is 23.5. The third-order valence-electron chi connectivity index (χ3n) is 6.12. The van der Waals surface area contributed by atoms with Crippen LogP contribution in [0.15, 0.2) is 48.2 Å². The summed E-state index contributed by atoms with van der Waals surface area (Å²) in [4.78, 5) is 15.4. The molecule has 0 fully saturated rings. The second-order valence-electron chi connectivity index (χ2n) is 8.42. The maximum Gasteiger partial charge on any atom is 0.231 e. The highest BCUT2D eigenvalue weighted by molar-refractivity contribution is 6.42. The van der Waals surface area contributed by atoms with Gasteiger partial charge < -0.3 is 18.9 Å². The zero-order valence-corrected chi connectivity index (χ0v) is 21.0. The van der Waals surface area contributed by atoms with Crippen molar-refractivity contribution in [3.05, 3.63) is 86.1 Å². The average Bonchev–Trinajstić information content (AvgIpc) is 3.17. The first-order valence-corrected chi connectivity index (χ1v) is 11.8. The van der Waals surface area contributed by atoms with Crippen LogP contribution in [-0.4, -0.2) is 31.6 Å². The van der Waals surface area contributed by atoms with E-state index in [9.17, 15) is 4.79 Å². The lowest BCUT2D eigenvalue weighted by atomic mass is 9.99. The summed E-state index contributed by atoms with van der Waals surface area (Å²) < 4.78 is 22.8. The number of hydrogen-bond donors (Lipinski definition) is 0. The van der Waals surface area contributed by atoms with Gasteiger partial charge in [-0.3, -0.25) is 9.69 Å². The van der Waals surface area contributed by atoms with Gasteiger partial charge in [0, 0.05) is 35.8 Å². The number of nitrogens with zero attached hydrogens (tertiary/aromatic N) is 1. The van der Waals surface area contributed by atoms with E-state index < -0.39 is 0 Å². The fraction of sp³-hybridized carbons (Fsp3) is 0.222. The summed E-state index contributed by atoms with van der Waals surface area (Å²) in [5.74, 6) is 2.60. The Balaban J connectivity index is 1.42. The van der Waals surface area contributed by atoms with Crippen molar-refractivity contribution in [1.29, 1.82) is 0 Å². The number of fused-ring (bicyclic) bond motifs is 2. The van der Waals surface area contributed by atoms with Gasteiger partial charge in [0.15, 0.2) is 5.76 Å².